The van der Waals surface area contributed by atoms with Crippen LogP contribution in [-0.4, -0.2) is 40.8 Å². The number of amides is 1. The van der Waals surface area contributed by atoms with Crippen LogP contribution in [0.15, 0.2) is 58.7 Å². The molecule has 0 saturated heterocycles. The van der Waals surface area contributed by atoms with Crippen molar-refractivity contribution < 1.29 is 24.5 Å². The van der Waals surface area contributed by atoms with Gasteiger partial charge in [0.25, 0.3) is 5.91 Å². The smallest absolute Gasteiger partial charge is 0.257 e. The molecule has 0 unspecified atom stereocenters. The van der Waals surface area contributed by atoms with Crippen LogP contribution >= 0.6 is 0 Å². The molecule has 1 aromatic rings. The lowest BCUT2D eigenvalue weighted by Gasteiger charge is -2.49. The van der Waals surface area contributed by atoms with Gasteiger partial charge in [-0.2, -0.15) is 0 Å². The highest BCUT2D eigenvalue weighted by Crippen LogP contribution is 2.67. The van der Waals surface area contributed by atoms with E-state index in [4.69, 9.17) is 9.84 Å². The highest BCUT2D eigenvalue weighted by atomic mass is 16.5. The lowest BCUT2D eigenvalue weighted by atomic mass is 9.54. The maximum absolute atomic E-state index is 14.8. The molecule has 220 valence electrons. The topological polar surface area (TPSA) is 95.9 Å². The predicted molar refractivity (Wildman–Crippen MR) is 158 cm³/mol. The van der Waals surface area contributed by atoms with Crippen LogP contribution in [-0.2, 0) is 16.0 Å². The fourth-order valence-electron chi connectivity index (χ4n) is 10.4. The zero-order valence-electron chi connectivity index (χ0n) is 25.4. The number of allylic oxidation sites excluding steroid dienone is 4. The van der Waals surface area contributed by atoms with Crippen LogP contribution in [0.4, 0.5) is 0 Å². The first kappa shape index (κ1) is 28.4. The Balaban J connectivity index is 0.00000148. The Morgan fingerprint density at radius 3 is 2.34 bits per heavy atom. The minimum Gasteiger partial charge on any atom is -0.490 e. The lowest BCUT2D eigenvalue weighted by molar-refractivity contribution is -0.130. The molecule has 11 atom stereocenters. The van der Waals surface area contributed by atoms with Crippen LogP contribution in [0, 0.1) is 52.8 Å². The molecule has 2 fully saturated rings. The average molecular weight is 560 g/mol. The van der Waals surface area contributed by atoms with Gasteiger partial charge in [-0.15, -0.1) is 0 Å². The summed E-state index contributed by atoms with van der Waals surface area (Å²) in [5.41, 5.74) is 3.01. The van der Waals surface area contributed by atoms with Crippen molar-refractivity contribution in [1.82, 2.24) is 5.32 Å². The first-order valence-electron chi connectivity index (χ1n) is 15.3. The molecule has 8 rings (SSSR count). The van der Waals surface area contributed by atoms with Gasteiger partial charge in [0.1, 0.15) is 11.9 Å². The van der Waals surface area contributed by atoms with Gasteiger partial charge in [0.05, 0.1) is 5.57 Å². The number of ketones is 1. The number of nitrogens with one attached hydrogen (secondary N) is 1. The predicted octanol–water partition coefficient (Wildman–Crippen LogP) is 5.01. The number of Topliss-reactive ketones (excluding diaryl/α,β-unsaturated/α-hetero) is 1. The zero-order valence-corrected chi connectivity index (χ0v) is 25.4. The van der Waals surface area contributed by atoms with E-state index in [0.717, 1.165) is 24.8 Å². The van der Waals surface area contributed by atoms with Gasteiger partial charge in [0, 0.05) is 36.7 Å². The molecule has 41 heavy (non-hydrogen) atoms. The van der Waals surface area contributed by atoms with Crippen molar-refractivity contribution in [3.05, 3.63) is 64.3 Å². The second-order valence-electron chi connectivity index (χ2n) is 14.1. The SMILES string of the molecule is CC1=C[C@@]2(C)C(=C(C)[C@H]3[C@@H]4C[C@H](C)C[C@H](C)[C@H]4[C@@H]4Oc5ccc(cc5)C[C@@]5(O)C=C(C(=O)N5)C(=O)[C@@H]2[C@@H]43)[C@H]1C.CO. The summed E-state index contributed by atoms with van der Waals surface area (Å²) in [7, 11) is 1.00. The molecule has 1 aromatic carbocycles. The summed E-state index contributed by atoms with van der Waals surface area (Å²) in [5, 5.41) is 21.1. The van der Waals surface area contributed by atoms with E-state index in [1.165, 1.54) is 29.2 Å². The number of benzene rings is 1. The van der Waals surface area contributed by atoms with E-state index in [-0.39, 0.29) is 41.6 Å². The first-order chi connectivity index (χ1) is 19.4. The summed E-state index contributed by atoms with van der Waals surface area (Å²) < 4.78 is 7.01. The van der Waals surface area contributed by atoms with E-state index in [2.05, 4.69) is 52.9 Å². The van der Waals surface area contributed by atoms with Gasteiger partial charge >= 0.3 is 0 Å². The molecule has 6 heteroatoms. The van der Waals surface area contributed by atoms with Crippen LogP contribution in [0.3, 0.4) is 0 Å². The summed E-state index contributed by atoms with van der Waals surface area (Å²) in [4.78, 5) is 28.2. The van der Waals surface area contributed by atoms with E-state index in [1.54, 1.807) is 0 Å². The Hall–Kier alpha value is -2.70. The second-order valence-corrected chi connectivity index (χ2v) is 14.1. The Labute approximate surface area is 243 Å². The van der Waals surface area contributed by atoms with Gasteiger partial charge < -0.3 is 20.3 Å². The van der Waals surface area contributed by atoms with E-state index in [0.29, 0.717) is 23.7 Å². The molecular weight excluding hydrogens is 514 g/mol. The molecular formula is C35H45NO5. The number of ether oxygens (including phenoxy) is 1. The summed E-state index contributed by atoms with van der Waals surface area (Å²) in [6.07, 6.45) is 6.20. The van der Waals surface area contributed by atoms with Gasteiger partial charge in [0.2, 0.25) is 0 Å². The second kappa shape index (κ2) is 9.67. The summed E-state index contributed by atoms with van der Waals surface area (Å²) >= 11 is 0. The molecule has 3 aliphatic heterocycles. The monoisotopic (exact) mass is 559 g/mol. The normalized spacial score (nSPS) is 44.1. The molecule has 4 bridgehead atoms. The minimum absolute atomic E-state index is 0.0498. The van der Waals surface area contributed by atoms with Gasteiger partial charge in [0.15, 0.2) is 11.5 Å². The molecule has 0 spiro atoms. The molecule has 2 saturated carbocycles. The fraction of sp³-hybridized carbons (Fsp3) is 0.600. The molecule has 0 radical (unpaired) electrons. The zero-order chi connectivity index (χ0) is 29.6. The summed E-state index contributed by atoms with van der Waals surface area (Å²) in [6.45, 7) is 13.7. The Bertz CT molecular complexity index is 1370. The molecule has 1 amide bonds. The maximum Gasteiger partial charge on any atom is 0.257 e. The molecule has 6 nitrogen and oxygen atoms in total. The number of hydrogen-bond donors (Lipinski definition) is 3. The minimum atomic E-state index is -1.58. The number of fused-ring (bicyclic) bond motifs is 5. The number of rotatable bonds is 0. The van der Waals surface area contributed by atoms with E-state index < -0.39 is 23.0 Å². The third kappa shape index (κ3) is 4.04. The fourth-order valence-corrected chi connectivity index (χ4v) is 10.4. The van der Waals surface area contributed by atoms with Crippen LogP contribution in [0.25, 0.3) is 0 Å². The van der Waals surface area contributed by atoms with Crippen LogP contribution in [0.5, 0.6) is 5.75 Å². The van der Waals surface area contributed by atoms with Crippen LogP contribution in [0.2, 0.25) is 0 Å². The van der Waals surface area contributed by atoms with Crippen molar-refractivity contribution >= 4 is 11.7 Å². The van der Waals surface area contributed by atoms with E-state index in [1.807, 2.05) is 24.3 Å². The molecule has 3 heterocycles. The van der Waals surface area contributed by atoms with Crippen LogP contribution < -0.4 is 10.1 Å². The van der Waals surface area contributed by atoms with Crippen molar-refractivity contribution in [2.45, 2.75) is 72.6 Å². The highest BCUT2D eigenvalue weighted by molar-refractivity contribution is 6.22. The van der Waals surface area contributed by atoms with E-state index >= 15 is 0 Å². The van der Waals surface area contributed by atoms with Gasteiger partial charge in [-0.1, -0.05) is 62.6 Å². The highest BCUT2D eigenvalue weighted by Gasteiger charge is 2.66. The quantitative estimate of drug-likeness (QED) is 0.307. The van der Waals surface area contributed by atoms with Gasteiger partial charge in [-0.3, -0.25) is 9.59 Å². The number of hydrogen-bond acceptors (Lipinski definition) is 5. The third-order valence-electron chi connectivity index (χ3n) is 11.6. The molecule has 7 aliphatic rings. The van der Waals surface area contributed by atoms with Crippen molar-refractivity contribution in [1.29, 1.82) is 0 Å². The number of carbonyl (C=O) groups excluding carboxylic acids is 2. The summed E-state index contributed by atoms with van der Waals surface area (Å²) in [5.74, 6) is 2.13. The molecule has 4 aliphatic carbocycles. The Morgan fingerprint density at radius 2 is 1.66 bits per heavy atom. The summed E-state index contributed by atoms with van der Waals surface area (Å²) in [6, 6.07) is 7.92. The van der Waals surface area contributed by atoms with Crippen molar-refractivity contribution in [3.63, 3.8) is 0 Å². The first-order valence-corrected chi connectivity index (χ1v) is 15.3. The standard InChI is InChI=1S/C34H41NO4.CH4O/c1-16-11-17(2)25-23(12-16)26-20(5)28-19(4)18(3)13-33(28,6)29-27(26)31(25)39-22-9-7-21(8-10-22)14-34(38)15-24(30(29)36)32(37)35-34;1-2/h7-10,13,15-17,19,23,25-27,29,31,38H,11-12,14H2,1-6H3,(H,35,37);2H,1H3/t16-,17+,19+,23-,25-,26+,27+,29+,31+,33+,34-;/m1./s1. The molecule has 3 N–H and O–H groups in total. The lowest BCUT2D eigenvalue weighted by Crippen LogP contribution is -2.50. The van der Waals surface area contributed by atoms with Crippen LogP contribution in [0.1, 0.15) is 59.9 Å². The van der Waals surface area contributed by atoms with Gasteiger partial charge in [-0.25, -0.2) is 0 Å². The number of carbonyl (C=O) groups is 2. The maximum atomic E-state index is 14.8. The Morgan fingerprint density at radius 1 is 0.976 bits per heavy atom. The van der Waals surface area contributed by atoms with Crippen molar-refractivity contribution in [3.8, 4) is 5.75 Å². The molecule has 0 aromatic heterocycles. The number of aliphatic hydroxyl groups is 2. The van der Waals surface area contributed by atoms with Crippen molar-refractivity contribution in [2.75, 3.05) is 7.11 Å². The number of aliphatic hydroxyl groups excluding tert-OH is 1. The largest absolute Gasteiger partial charge is 0.490 e. The average Bonchev–Trinajstić information content (AvgIpc) is 3.47. The van der Waals surface area contributed by atoms with Gasteiger partial charge in [-0.05, 0) is 80.1 Å². The third-order valence-corrected chi connectivity index (χ3v) is 11.6. The van der Waals surface area contributed by atoms with E-state index in [9.17, 15) is 14.7 Å². The Kier molecular flexibility index (Phi) is 6.70. The van der Waals surface area contributed by atoms with Crippen molar-refractivity contribution in [2.24, 2.45) is 52.8 Å².